The molecule has 1 unspecified atom stereocenters. The van der Waals surface area contributed by atoms with E-state index in [-0.39, 0.29) is 23.8 Å². The van der Waals surface area contributed by atoms with E-state index in [4.69, 9.17) is 4.74 Å². The summed E-state index contributed by atoms with van der Waals surface area (Å²) in [7, 11) is 0. The fourth-order valence-electron chi connectivity index (χ4n) is 4.60. The number of aryl methyl sites for hydroxylation is 1. The molecular formula is C25H40N2O5. The van der Waals surface area contributed by atoms with Crippen LogP contribution in [0.3, 0.4) is 0 Å². The zero-order valence-corrected chi connectivity index (χ0v) is 20.0. The molecule has 0 aromatic heterocycles. The first-order valence-electron chi connectivity index (χ1n) is 12.2. The van der Waals surface area contributed by atoms with Crippen LogP contribution in [0.1, 0.15) is 102 Å². The van der Waals surface area contributed by atoms with Gasteiger partial charge in [-0.15, -0.1) is 0 Å². The van der Waals surface area contributed by atoms with Crippen LogP contribution in [0, 0.1) is 17.0 Å². The number of hydrogen-bond donors (Lipinski definition) is 1. The Kier molecular flexibility index (Phi) is 10.9. The predicted octanol–water partition coefficient (Wildman–Crippen LogP) is 5.86. The summed E-state index contributed by atoms with van der Waals surface area (Å²) in [6.07, 6.45) is 10.4. The Morgan fingerprint density at radius 1 is 1.22 bits per heavy atom. The lowest BCUT2D eigenvalue weighted by Gasteiger charge is -2.34. The first kappa shape index (κ1) is 26.1. The number of rotatable bonds is 13. The molecular weight excluding hydrogens is 408 g/mol. The standard InChI is InChI=1S/C25H40N2O5/c1-4-5-6-10-15-26(21-12-8-7-9-13-21)24(29)14-11-16-32-23-18-19(2)17-22(27(30)31)25(23)20(3)28/h17-18,20-21,28H,4-16H2,1-3H3. The Balaban J connectivity index is 1.95. The number of carbonyl (C=O) groups is 1. The van der Waals surface area contributed by atoms with E-state index < -0.39 is 11.0 Å². The van der Waals surface area contributed by atoms with Gasteiger partial charge in [0.2, 0.25) is 5.91 Å². The largest absolute Gasteiger partial charge is 0.493 e. The van der Waals surface area contributed by atoms with Gasteiger partial charge in [-0.1, -0.05) is 45.4 Å². The van der Waals surface area contributed by atoms with Crippen molar-refractivity contribution in [2.24, 2.45) is 0 Å². The van der Waals surface area contributed by atoms with Crippen molar-refractivity contribution in [3.63, 3.8) is 0 Å². The first-order valence-corrected chi connectivity index (χ1v) is 12.2. The van der Waals surface area contributed by atoms with Crippen LogP contribution in [0.15, 0.2) is 12.1 Å². The van der Waals surface area contributed by atoms with Gasteiger partial charge in [-0.25, -0.2) is 0 Å². The van der Waals surface area contributed by atoms with E-state index in [1.165, 1.54) is 45.1 Å². The van der Waals surface area contributed by atoms with Gasteiger partial charge < -0.3 is 14.7 Å². The lowest BCUT2D eigenvalue weighted by atomic mass is 9.93. The highest BCUT2D eigenvalue weighted by molar-refractivity contribution is 5.76. The highest BCUT2D eigenvalue weighted by Gasteiger charge is 2.26. The molecule has 0 saturated heterocycles. The van der Waals surface area contributed by atoms with Gasteiger partial charge in [-0.05, 0) is 51.2 Å². The number of aliphatic hydroxyl groups is 1. The topological polar surface area (TPSA) is 92.9 Å². The number of unbranched alkanes of at least 4 members (excludes halogenated alkanes) is 3. The highest BCUT2D eigenvalue weighted by atomic mass is 16.6. The van der Waals surface area contributed by atoms with Gasteiger partial charge in [-0.2, -0.15) is 0 Å². The average molecular weight is 449 g/mol. The maximum atomic E-state index is 13.0. The second-order valence-electron chi connectivity index (χ2n) is 9.02. The van der Waals surface area contributed by atoms with Gasteiger partial charge in [0, 0.05) is 25.1 Å². The number of benzene rings is 1. The van der Waals surface area contributed by atoms with Crippen molar-refractivity contribution in [2.75, 3.05) is 13.2 Å². The van der Waals surface area contributed by atoms with E-state index in [1.54, 1.807) is 13.0 Å². The summed E-state index contributed by atoms with van der Waals surface area (Å²) in [5, 5.41) is 21.5. The number of hydrogen-bond acceptors (Lipinski definition) is 5. The minimum atomic E-state index is -1.02. The second-order valence-corrected chi connectivity index (χ2v) is 9.02. The first-order chi connectivity index (χ1) is 15.3. The maximum Gasteiger partial charge on any atom is 0.279 e. The van der Waals surface area contributed by atoms with Gasteiger partial charge >= 0.3 is 0 Å². The molecule has 1 amide bonds. The number of carbonyl (C=O) groups excluding carboxylic acids is 1. The molecule has 32 heavy (non-hydrogen) atoms. The number of amides is 1. The Bertz CT molecular complexity index is 744. The molecule has 0 bridgehead atoms. The summed E-state index contributed by atoms with van der Waals surface area (Å²) >= 11 is 0. The third-order valence-electron chi connectivity index (χ3n) is 6.26. The van der Waals surface area contributed by atoms with E-state index in [9.17, 15) is 20.0 Å². The zero-order chi connectivity index (χ0) is 23.5. The van der Waals surface area contributed by atoms with Crippen molar-refractivity contribution >= 4 is 11.6 Å². The van der Waals surface area contributed by atoms with E-state index in [0.29, 0.717) is 30.2 Å². The molecule has 7 heteroatoms. The van der Waals surface area contributed by atoms with E-state index in [0.717, 1.165) is 32.2 Å². The third kappa shape index (κ3) is 7.76. The monoisotopic (exact) mass is 448 g/mol. The van der Waals surface area contributed by atoms with Gasteiger partial charge in [-0.3, -0.25) is 14.9 Å². The summed E-state index contributed by atoms with van der Waals surface area (Å²) < 4.78 is 5.82. The average Bonchev–Trinajstić information content (AvgIpc) is 2.76. The minimum absolute atomic E-state index is 0.137. The zero-order valence-electron chi connectivity index (χ0n) is 20.0. The van der Waals surface area contributed by atoms with Crippen molar-refractivity contribution in [3.05, 3.63) is 33.4 Å². The number of nitro groups is 1. The summed E-state index contributed by atoms with van der Waals surface area (Å²) in [6, 6.07) is 3.51. The molecule has 180 valence electrons. The summed E-state index contributed by atoms with van der Waals surface area (Å²) in [5.41, 5.74) is 0.746. The van der Waals surface area contributed by atoms with Gasteiger partial charge in [0.1, 0.15) is 5.75 Å². The van der Waals surface area contributed by atoms with Crippen molar-refractivity contribution in [1.29, 1.82) is 0 Å². The molecule has 1 aliphatic rings. The van der Waals surface area contributed by atoms with Gasteiger partial charge in [0.15, 0.2) is 0 Å². The number of ether oxygens (including phenoxy) is 1. The van der Waals surface area contributed by atoms with Crippen LogP contribution < -0.4 is 4.74 Å². The van der Waals surface area contributed by atoms with E-state index in [1.807, 2.05) is 0 Å². The predicted molar refractivity (Wildman–Crippen MR) is 126 cm³/mol. The summed E-state index contributed by atoms with van der Waals surface area (Å²) in [6.45, 7) is 6.56. The Morgan fingerprint density at radius 2 is 1.94 bits per heavy atom. The molecule has 0 heterocycles. The maximum absolute atomic E-state index is 13.0. The van der Waals surface area contributed by atoms with Crippen molar-refractivity contribution < 1.29 is 19.6 Å². The number of nitro benzene ring substituents is 1. The van der Waals surface area contributed by atoms with E-state index in [2.05, 4.69) is 11.8 Å². The molecule has 0 spiro atoms. The molecule has 1 fully saturated rings. The van der Waals surface area contributed by atoms with Crippen molar-refractivity contribution in [3.8, 4) is 5.75 Å². The molecule has 1 saturated carbocycles. The Hall–Kier alpha value is -2.15. The minimum Gasteiger partial charge on any atom is -0.493 e. The van der Waals surface area contributed by atoms with Crippen LogP contribution in [0.4, 0.5) is 5.69 Å². The molecule has 2 rings (SSSR count). The summed E-state index contributed by atoms with van der Waals surface area (Å²) in [4.78, 5) is 26.0. The molecule has 7 nitrogen and oxygen atoms in total. The quantitative estimate of drug-likeness (QED) is 0.232. The lowest BCUT2D eigenvalue weighted by Crippen LogP contribution is -2.42. The summed E-state index contributed by atoms with van der Waals surface area (Å²) in [5.74, 6) is 0.505. The normalized spacial score (nSPS) is 15.4. The van der Waals surface area contributed by atoms with Crippen LogP contribution in [-0.2, 0) is 4.79 Å². The van der Waals surface area contributed by atoms with Gasteiger partial charge in [0.05, 0.1) is 23.2 Å². The van der Waals surface area contributed by atoms with Crippen LogP contribution in [-0.4, -0.2) is 40.0 Å². The van der Waals surface area contributed by atoms with E-state index >= 15 is 0 Å². The fraction of sp³-hybridized carbons (Fsp3) is 0.720. The van der Waals surface area contributed by atoms with Crippen LogP contribution in [0.5, 0.6) is 5.75 Å². The van der Waals surface area contributed by atoms with Crippen molar-refractivity contribution in [2.45, 2.75) is 104 Å². The number of aliphatic hydroxyl groups excluding tert-OH is 1. The Labute approximate surface area is 192 Å². The molecule has 0 radical (unpaired) electrons. The molecule has 1 aromatic rings. The van der Waals surface area contributed by atoms with Crippen molar-refractivity contribution in [1.82, 2.24) is 4.90 Å². The molecule has 0 aliphatic heterocycles. The third-order valence-corrected chi connectivity index (χ3v) is 6.26. The molecule has 1 N–H and O–H groups in total. The van der Waals surface area contributed by atoms with Crippen LogP contribution >= 0.6 is 0 Å². The van der Waals surface area contributed by atoms with Gasteiger partial charge in [0.25, 0.3) is 5.69 Å². The second kappa shape index (κ2) is 13.4. The number of nitrogens with zero attached hydrogens (tertiary/aromatic N) is 2. The Morgan fingerprint density at radius 3 is 2.56 bits per heavy atom. The van der Waals surface area contributed by atoms with Crippen LogP contribution in [0.25, 0.3) is 0 Å². The SMILES string of the molecule is CCCCCCN(C(=O)CCCOc1cc(C)cc([N+](=O)[O-])c1C(C)O)C1CCCCC1. The highest BCUT2D eigenvalue weighted by Crippen LogP contribution is 2.35. The van der Waals surface area contributed by atoms with Crippen LogP contribution in [0.2, 0.25) is 0 Å². The fourth-order valence-corrected chi connectivity index (χ4v) is 4.60. The molecule has 1 atom stereocenters. The molecule has 1 aromatic carbocycles. The molecule has 1 aliphatic carbocycles. The smallest absolute Gasteiger partial charge is 0.279 e. The lowest BCUT2D eigenvalue weighted by molar-refractivity contribution is -0.386.